The van der Waals surface area contributed by atoms with Crippen LogP contribution in [0.25, 0.3) is 10.2 Å². The average Bonchev–Trinajstić information content (AvgIpc) is 3.07. The number of nitrogens with zero attached hydrogens (tertiary/aromatic N) is 3. The summed E-state index contributed by atoms with van der Waals surface area (Å²) in [4.78, 5) is 23.8. The molecule has 0 saturated heterocycles. The summed E-state index contributed by atoms with van der Waals surface area (Å²) in [5, 5.41) is 1.90. The molecule has 0 bridgehead atoms. The minimum atomic E-state index is -0.0472. The SMILES string of the molecule is O=c1[nH]c(Cn2cnc3c2CCCC3)nc2ccsc12. The Kier molecular flexibility index (Phi) is 2.70. The third-order valence-electron chi connectivity index (χ3n) is 3.79. The van der Waals surface area contributed by atoms with Gasteiger partial charge in [-0.05, 0) is 37.1 Å². The van der Waals surface area contributed by atoms with Crippen LogP contribution < -0.4 is 5.56 Å². The molecule has 1 N–H and O–H groups in total. The van der Waals surface area contributed by atoms with E-state index in [2.05, 4.69) is 19.5 Å². The second-order valence-corrected chi connectivity index (χ2v) is 6.04. The first-order valence-corrected chi connectivity index (χ1v) is 7.68. The van der Waals surface area contributed by atoms with Crippen molar-refractivity contribution in [3.63, 3.8) is 0 Å². The third kappa shape index (κ3) is 1.87. The molecule has 3 aromatic heterocycles. The molecule has 1 aliphatic carbocycles. The van der Waals surface area contributed by atoms with Crippen LogP contribution in [0.5, 0.6) is 0 Å². The average molecular weight is 286 g/mol. The zero-order chi connectivity index (χ0) is 13.5. The number of nitrogens with one attached hydrogen (secondary N) is 1. The van der Waals surface area contributed by atoms with E-state index in [4.69, 9.17) is 0 Å². The van der Waals surface area contributed by atoms with Crippen molar-refractivity contribution in [1.29, 1.82) is 0 Å². The molecule has 3 heterocycles. The lowest BCUT2D eigenvalue weighted by molar-refractivity contribution is 0.620. The van der Waals surface area contributed by atoms with Gasteiger partial charge in [-0.3, -0.25) is 4.79 Å². The van der Waals surface area contributed by atoms with Crippen LogP contribution in [0.1, 0.15) is 30.1 Å². The molecule has 0 fully saturated rings. The number of aromatic amines is 1. The van der Waals surface area contributed by atoms with Crippen LogP contribution in [0.2, 0.25) is 0 Å². The maximum absolute atomic E-state index is 12.0. The van der Waals surface area contributed by atoms with E-state index in [0.717, 1.165) is 18.4 Å². The number of imidazole rings is 1. The van der Waals surface area contributed by atoms with E-state index in [1.807, 2.05) is 17.8 Å². The fraction of sp³-hybridized carbons (Fsp3) is 0.357. The van der Waals surface area contributed by atoms with Crippen LogP contribution in [0.4, 0.5) is 0 Å². The van der Waals surface area contributed by atoms with Crippen LogP contribution in [0.3, 0.4) is 0 Å². The van der Waals surface area contributed by atoms with Gasteiger partial charge >= 0.3 is 0 Å². The molecule has 102 valence electrons. The molecule has 4 rings (SSSR count). The summed E-state index contributed by atoms with van der Waals surface area (Å²) in [7, 11) is 0. The van der Waals surface area contributed by atoms with Crippen molar-refractivity contribution < 1.29 is 0 Å². The minimum absolute atomic E-state index is 0.0472. The number of H-pyrrole nitrogens is 1. The Morgan fingerprint density at radius 2 is 2.25 bits per heavy atom. The van der Waals surface area contributed by atoms with Crippen molar-refractivity contribution in [3.8, 4) is 0 Å². The van der Waals surface area contributed by atoms with E-state index < -0.39 is 0 Å². The number of aromatic nitrogens is 4. The predicted octanol–water partition coefficient (Wildman–Crippen LogP) is 2.11. The topological polar surface area (TPSA) is 63.6 Å². The molecule has 3 aromatic rings. The third-order valence-corrected chi connectivity index (χ3v) is 4.70. The molecule has 0 spiro atoms. The molecule has 6 heteroatoms. The summed E-state index contributed by atoms with van der Waals surface area (Å²) in [6, 6.07) is 1.89. The highest BCUT2D eigenvalue weighted by atomic mass is 32.1. The van der Waals surface area contributed by atoms with E-state index in [9.17, 15) is 4.79 Å². The van der Waals surface area contributed by atoms with Crippen LogP contribution >= 0.6 is 11.3 Å². The number of aryl methyl sites for hydroxylation is 1. The normalized spacial score (nSPS) is 14.6. The molecule has 0 radical (unpaired) electrons. The van der Waals surface area contributed by atoms with Crippen molar-refractivity contribution in [2.75, 3.05) is 0 Å². The first-order valence-electron chi connectivity index (χ1n) is 6.80. The maximum atomic E-state index is 12.0. The molecule has 20 heavy (non-hydrogen) atoms. The fourth-order valence-corrected chi connectivity index (χ4v) is 3.55. The number of rotatable bonds is 2. The van der Waals surface area contributed by atoms with Gasteiger partial charge in [0.05, 0.1) is 24.1 Å². The van der Waals surface area contributed by atoms with Crippen molar-refractivity contribution in [2.45, 2.75) is 32.2 Å². The van der Waals surface area contributed by atoms with Gasteiger partial charge in [0.1, 0.15) is 10.5 Å². The van der Waals surface area contributed by atoms with Gasteiger partial charge in [-0.15, -0.1) is 11.3 Å². The Labute approximate surface area is 119 Å². The van der Waals surface area contributed by atoms with Crippen LogP contribution in [0.15, 0.2) is 22.6 Å². The number of hydrogen-bond acceptors (Lipinski definition) is 4. The molecule has 1 aliphatic rings. The van der Waals surface area contributed by atoms with Gasteiger partial charge in [-0.1, -0.05) is 0 Å². The summed E-state index contributed by atoms with van der Waals surface area (Å²) in [5.41, 5.74) is 3.23. The molecule has 0 saturated carbocycles. The molecular weight excluding hydrogens is 272 g/mol. The summed E-state index contributed by atoms with van der Waals surface area (Å²) in [6.45, 7) is 0.587. The number of hydrogen-bond donors (Lipinski definition) is 1. The summed E-state index contributed by atoms with van der Waals surface area (Å²) < 4.78 is 2.81. The molecule has 0 aromatic carbocycles. The zero-order valence-corrected chi connectivity index (χ0v) is 11.7. The molecule has 5 nitrogen and oxygen atoms in total. The minimum Gasteiger partial charge on any atom is -0.327 e. The first-order chi connectivity index (χ1) is 9.81. The van der Waals surface area contributed by atoms with E-state index in [1.54, 1.807) is 0 Å². The molecule has 0 atom stereocenters. The van der Waals surface area contributed by atoms with Crippen LogP contribution in [0, 0.1) is 0 Å². The van der Waals surface area contributed by atoms with Gasteiger partial charge in [0.25, 0.3) is 5.56 Å². The number of fused-ring (bicyclic) bond motifs is 2. The van der Waals surface area contributed by atoms with E-state index >= 15 is 0 Å². The van der Waals surface area contributed by atoms with E-state index in [-0.39, 0.29) is 5.56 Å². The van der Waals surface area contributed by atoms with Gasteiger partial charge in [0.2, 0.25) is 0 Å². The van der Waals surface area contributed by atoms with Crippen molar-refractivity contribution >= 4 is 21.6 Å². The molecule has 0 amide bonds. The van der Waals surface area contributed by atoms with Gasteiger partial charge in [-0.25, -0.2) is 9.97 Å². The molecular formula is C14H14N4OS. The fourth-order valence-electron chi connectivity index (χ4n) is 2.83. The Balaban J connectivity index is 1.74. The maximum Gasteiger partial charge on any atom is 0.268 e. The van der Waals surface area contributed by atoms with Crippen LogP contribution in [-0.4, -0.2) is 19.5 Å². The van der Waals surface area contributed by atoms with E-state index in [0.29, 0.717) is 17.1 Å². The van der Waals surface area contributed by atoms with E-state index in [1.165, 1.54) is 35.6 Å². The highest BCUT2D eigenvalue weighted by Crippen LogP contribution is 2.20. The standard InChI is InChI=1S/C14H14N4OS/c19-14-13-10(5-6-20-13)16-12(17-14)7-18-8-15-9-3-1-2-4-11(9)18/h5-6,8H,1-4,7H2,(H,16,17,19). The highest BCUT2D eigenvalue weighted by molar-refractivity contribution is 7.17. The van der Waals surface area contributed by atoms with Gasteiger partial charge in [0.15, 0.2) is 0 Å². The zero-order valence-electron chi connectivity index (χ0n) is 10.9. The lowest BCUT2D eigenvalue weighted by Gasteiger charge is -2.13. The highest BCUT2D eigenvalue weighted by Gasteiger charge is 2.16. The summed E-state index contributed by atoms with van der Waals surface area (Å²) >= 11 is 1.43. The lowest BCUT2D eigenvalue weighted by atomic mass is 10.0. The Morgan fingerprint density at radius 1 is 1.35 bits per heavy atom. The van der Waals surface area contributed by atoms with Gasteiger partial charge in [-0.2, -0.15) is 0 Å². The van der Waals surface area contributed by atoms with Crippen molar-refractivity contribution in [1.82, 2.24) is 19.5 Å². The molecule has 0 aliphatic heterocycles. The van der Waals surface area contributed by atoms with Crippen molar-refractivity contribution in [2.24, 2.45) is 0 Å². The number of thiophene rings is 1. The Bertz CT molecular complexity index is 829. The van der Waals surface area contributed by atoms with Gasteiger partial charge < -0.3 is 9.55 Å². The predicted molar refractivity (Wildman–Crippen MR) is 78.2 cm³/mol. The second kappa shape index (κ2) is 4.56. The van der Waals surface area contributed by atoms with Crippen LogP contribution in [-0.2, 0) is 19.4 Å². The largest absolute Gasteiger partial charge is 0.327 e. The van der Waals surface area contributed by atoms with Gasteiger partial charge in [0, 0.05) is 5.69 Å². The monoisotopic (exact) mass is 286 g/mol. The first kappa shape index (κ1) is 11.8. The lowest BCUT2D eigenvalue weighted by Crippen LogP contribution is -2.15. The smallest absolute Gasteiger partial charge is 0.268 e. The quantitative estimate of drug-likeness (QED) is 0.784. The summed E-state index contributed by atoms with van der Waals surface area (Å²) in [6.07, 6.45) is 6.44. The Hall–Kier alpha value is -1.95. The van der Waals surface area contributed by atoms with Crippen molar-refractivity contribution in [3.05, 3.63) is 45.3 Å². The second-order valence-electron chi connectivity index (χ2n) is 5.12. The molecule has 0 unspecified atom stereocenters. The Morgan fingerprint density at radius 3 is 3.20 bits per heavy atom. The summed E-state index contributed by atoms with van der Waals surface area (Å²) in [5.74, 6) is 0.701.